The van der Waals surface area contributed by atoms with E-state index in [4.69, 9.17) is 32.9 Å². The molecule has 2 atom stereocenters. The number of hydrogen-bond donors (Lipinski definition) is 0. The zero-order chi connectivity index (χ0) is 28.7. The van der Waals surface area contributed by atoms with E-state index in [0.29, 0.717) is 26.9 Å². The molecule has 0 aliphatic heterocycles. The van der Waals surface area contributed by atoms with E-state index in [1.807, 2.05) is 78.9 Å². The number of rotatable bonds is 9. The molecule has 40 heavy (non-hydrogen) atoms. The highest BCUT2D eigenvalue weighted by Gasteiger charge is 2.36. The number of hydrogen-bond acceptors (Lipinski definition) is 4. The second-order valence-corrected chi connectivity index (χ2v) is 11.3. The summed E-state index contributed by atoms with van der Waals surface area (Å²) < 4.78 is 5.90. The zero-order valence-electron chi connectivity index (χ0n) is 22.7. The van der Waals surface area contributed by atoms with Crippen LogP contribution in [0.2, 0.25) is 10.0 Å². The maximum atomic E-state index is 14.0. The summed E-state index contributed by atoms with van der Waals surface area (Å²) in [6.45, 7) is 5.42. The van der Waals surface area contributed by atoms with Crippen LogP contribution in [-0.2, 0) is 9.53 Å². The average Bonchev–Trinajstić information content (AvgIpc) is 2.93. The van der Waals surface area contributed by atoms with Crippen LogP contribution < -0.4 is 0 Å². The molecular formula is C34H31Cl2NO3. The lowest BCUT2D eigenvalue weighted by atomic mass is 9.85. The van der Waals surface area contributed by atoms with E-state index in [1.54, 1.807) is 51.1 Å². The molecule has 4 nitrogen and oxygen atoms in total. The molecule has 0 aromatic heterocycles. The van der Waals surface area contributed by atoms with Gasteiger partial charge in [-0.1, -0.05) is 120 Å². The molecular weight excluding hydrogens is 541 g/mol. The summed E-state index contributed by atoms with van der Waals surface area (Å²) in [7, 11) is 0. The Morgan fingerprint density at radius 3 is 1.73 bits per heavy atom. The number of esters is 1. The van der Waals surface area contributed by atoms with Crippen LogP contribution in [0.25, 0.3) is 0 Å². The fraction of sp³-hybridized carbons (Fsp3) is 0.206. The van der Waals surface area contributed by atoms with Gasteiger partial charge in [-0.25, -0.2) is 4.79 Å². The van der Waals surface area contributed by atoms with Crippen molar-refractivity contribution in [3.8, 4) is 0 Å². The van der Waals surface area contributed by atoms with E-state index in [-0.39, 0.29) is 12.2 Å². The molecule has 0 bridgehead atoms. The Morgan fingerprint density at radius 2 is 1.25 bits per heavy atom. The normalized spacial score (nSPS) is 12.7. The first-order valence-electron chi connectivity index (χ1n) is 13.1. The zero-order valence-corrected chi connectivity index (χ0v) is 24.2. The van der Waals surface area contributed by atoms with Crippen molar-refractivity contribution in [3.63, 3.8) is 0 Å². The van der Waals surface area contributed by atoms with E-state index in [0.717, 1.165) is 11.1 Å². The summed E-state index contributed by atoms with van der Waals surface area (Å²) in [5.41, 5.74) is 2.63. The molecule has 0 fully saturated rings. The molecule has 0 saturated carbocycles. The molecule has 0 amide bonds. The minimum absolute atomic E-state index is 0.0182. The van der Waals surface area contributed by atoms with Gasteiger partial charge in [0.15, 0.2) is 11.8 Å². The molecule has 0 aliphatic rings. The molecule has 0 spiro atoms. The van der Waals surface area contributed by atoms with E-state index < -0.39 is 23.5 Å². The molecule has 4 rings (SSSR count). The fourth-order valence-corrected chi connectivity index (χ4v) is 5.00. The summed E-state index contributed by atoms with van der Waals surface area (Å²) in [4.78, 5) is 32.6. The van der Waals surface area contributed by atoms with Gasteiger partial charge >= 0.3 is 5.97 Å². The fourth-order valence-electron chi connectivity index (χ4n) is 4.45. The number of nitrogens with zero attached hydrogens (tertiary/aromatic N) is 1. The molecule has 4 aromatic rings. The lowest BCUT2D eigenvalue weighted by Gasteiger charge is -2.28. The number of ether oxygens (including phenoxy) is 1. The molecule has 0 radical (unpaired) electrons. The van der Waals surface area contributed by atoms with Crippen LogP contribution in [0.3, 0.4) is 0 Å². The Bertz CT molecular complexity index is 1440. The van der Waals surface area contributed by atoms with Gasteiger partial charge < -0.3 is 4.74 Å². The number of ketones is 1. The second-order valence-electron chi connectivity index (χ2n) is 10.5. The number of halogens is 2. The van der Waals surface area contributed by atoms with Crippen molar-refractivity contribution >= 4 is 40.7 Å². The van der Waals surface area contributed by atoms with Crippen LogP contribution in [0.15, 0.2) is 114 Å². The molecule has 4 aromatic carbocycles. The van der Waals surface area contributed by atoms with E-state index in [2.05, 4.69) is 0 Å². The largest absolute Gasteiger partial charge is 0.458 e. The maximum absolute atomic E-state index is 14.0. The number of benzene rings is 4. The molecule has 6 heteroatoms. The van der Waals surface area contributed by atoms with Crippen molar-refractivity contribution in [2.45, 2.75) is 44.8 Å². The first kappa shape index (κ1) is 29.3. The molecule has 0 heterocycles. The van der Waals surface area contributed by atoms with Gasteiger partial charge in [-0.15, -0.1) is 0 Å². The van der Waals surface area contributed by atoms with Crippen LogP contribution in [0, 0.1) is 0 Å². The van der Waals surface area contributed by atoms with Crippen LogP contribution in [0.1, 0.15) is 60.2 Å². The van der Waals surface area contributed by atoms with Crippen molar-refractivity contribution < 1.29 is 14.3 Å². The highest BCUT2D eigenvalue weighted by atomic mass is 35.5. The Balaban J connectivity index is 1.93. The predicted octanol–water partition coefficient (Wildman–Crippen LogP) is 8.60. The minimum atomic E-state index is -1.08. The van der Waals surface area contributed by atoms with Gasteiger partial charge in [0.05, 0.1) is 5.71 Å². The van der Waals surface area contributed by atoms with Gasteiger partial charge in [-0.05, 0) is 38.5 Å². The topological polar surface area (TPSA) is 55.7 Å². The second kappa shape index (κ2) is 13.1. The summed E-state index contributed by atoms with van der Waals surface area (Å²) in [5, 5.41) is 0.802. The molecule has 0 saturated heterocycles. The third-order valence-corrected chi connectivity index (χ3v) is 6.82. The summed E-state index contributed by atoms with van der Waals surface area (Å²) in [6, 6.07) is 32.3. The quantitative estimate of drug-likeness (QED) is 0.115. The lowest BCUT2D eigenvalue weighted by molar-refractivity contribution is -0.156. The number of carbonyl (C=O) groups is 2. The summed E-state index contributed by atoms with van der Waals surface area (Å²) in [6.07, 6.45) is -0.0182. The SMILES string of the molecule is CC(C)(C)OC(=O)[C@H](N=C(c1ccccc1)c1ccccc1)[C@@H](CC(=O)c1ccccc1)c1ccc(Cl)cc1Cl. The van der Waals surface area contributed by atoms with Gasteiger partial charge in [-0.3, -0.25) is 9.79 Å². The Hall–Kier alpha value is -3.73. The first-order valence-corrected chi connectivity index (χ1v) is 13.8. The number of Topliss-reactive ketones (excluding diaryl/α,β-unsaturated/α-hetero) is 1. The van der Waals surface area contributed by atoms with Crippen molar-refractivity contribution in [1.82, 2.24) is 0 Å². The highest BCUT2D eigenvalue weighted by Crippen LogP contribution is 2.36. The van der Waals surface area contributed by atoms with Crippen molar-refractivity contribution in [2.24, 2.45) is 4.99 Å². The maximum Gasteiger partial charge on any atom is 0.332 e. The molecule has 0 unspecified atom stereocenters. The highest BCUT2D eigenvalue weighted by molar-refractivity contribution is 6.35. The standard InChI is InChI=1S/C34H31Cl2NO3/c1-34(2,3)40-33(39)32(37-31(24-15-9-5-10-16-24)25-17-11-6-12-18-25)28(27-20-19-26(35)21-29(27)36)22-30(38)23-13-7-4-8-14-23/h4-21,28,32H,22H2,1-3H3/t28-,32+/m0/s1. The lowest BCUT2D eigenvalue weighted by Crippen LogP contribution is -2.36. The smallest absolute Gasteiger partial charge is 0.332 e. The van der Waals surface area contributed by atoms with E-state index >= 15 is 0 Å². The van der Waals surface area contributed by atoms with Crippen molar-refractivity contribution in [3.05, 3.63) is 141 Å². The average molecular weight is 573 g/mol. The van der Waals surface area contributed by atoms with E-state index in [9.17, 15) is 9.59 Å². The van der Waals surface area contributed by atoms with Crippen LogP contribution in [-0.4, -0.2) is 29.1 Å². The number of carbonyl (C=O) groups excluding carboxylic acids is 2. The molecule has 0 N–H and O–H groups in total. The van der Waals surface area contributed by atoms with Gasteiger partial charge in [0.2, 0.25) is 0 Å². The first-order chi connectivity index (χ1) is 19.1. The van der Waals surface area contributed by atoms with Gasteiger partial charge in [0.25, 0.3) is 0 Å². The van der Waals surface area contributed by atoms with Gasteiger partial charge in [0, 0.05) is 39.1 Å². The summed E-state index contributed by atoms with van der Waals surface area (Å²) in [5.74, 6) is -1.41. The molecule has 0 aliphatic carbocycles. The Morgan fingerprint density at radius 1 is 0.750 bits per heavy atom. The van der Waals surface area contributed by atoms with Gasteiger partial charge in [0.1, 0.15) is 5.60 Å². The third kappa shape index (κ3) is 7.68. The third-order valence-electron chi connectivity index (χ3n) is 6.26. The summed E-state index contributed by atoms with van der Waals surface area (Å²) >= 11 is 12.9. The Labute approximate surface area is 245 Å². The van der Waals surface area contributed by atoms with Crippen molar-refractivity contribution in [2.75, 3.05) is 0 Å². The minimum Gasteiger partial charge on any atom is -0.458 e. The number of aliphatic imine (C=N–C) groups is 1. The Kier molecular flexibility index (Phi) is 9.57. The van der Waals surface area contributed by atoms with Crippen molar-refractivity contribution in [1.29, 1.82) is 0 Å². The monoisotopic (exact) mass is 571 g/mol. The predicted molar refractivity (Wildman–Crippen MR) is 163 cm³/mol. The van der Waals surface area contributed by atoms with Gasteiger partial charge in [-0.2, -0.15) is 0 Å². The van der Waals surface area contributed by atoms with Crippen LogP contribution >= 0.6 is 23.2 Å². The van der Waals surface area contributed by atoms with Crippen LogP contribution in [0.4, 0.5) is 0 Å². The van der Waals surface area contributed by atoms with Crippen LogP contribution in [0.5, 0.6) is 0 Å². The molecule has 204 valence electrons. The van der Waals surface area contributed by atoms with E-state index in [1.165, 1.54) is 0 Å².